The number of nitro benzene ring substituents is 1. The molecule has 0 fully saturated rings. The summed E-state index contributed by atoms with van der Waals surface area (Å²) in [6.45, 7) is 0.0544. The number of furan rings is 1. The van der Waals surface area contributed by atoms with Gasteiger partial charge in [0.1, 0.15) is 24.2 Å². The number of hydrazone groups is 1. The average molecular weight is 502 g/mol. The number of benzene rings is 2. The molecule has 12 nitrogen and oxygen atoms in total. The molecule has 0 aliphatic heterocycles. The summed E-state index contributed by atoms with van der Waals surface area (Å²) in [7, 11) is 0. The lowest BCUT2D eigenvalue weighted by Crippen LogP contribution is -2.47. The Kier molecular flexibility index (Phi) is 8.01. The van der Waals surface area contributed by atoms with E-state index in [9.17, 15) is 19.7 Å². The Balaban J connectivity index is 1.35. The Morgan fingerprint density at radius 1 is 1.14 bits per heavy atom. The number of carbonyl (C=O) groups is 2. The molecule has 2 amide bonds. The number of rotatable bonds is 10. The number of H-pyrrole nitrogens is 1. The summed E-state index contributed by atoms with van der Waals surface area (Å²) in [5.74, 6) is 0.237. The number of imidazole rings is 1. The summed E-state index contributed by atoms with van der Waals surface area (Å²) in [4.78, 5) is 42.2. The van der Waals surface area contributed by atoms with Crippen LogP contribution in [0.15, 0.2) is 88.8 Å². The lowest BCUT2D eigenvalue weighted by atomic mass is 10.1. The minimum absolute atomic E-state index is 0.0259. The van der Waals surface area contributed by atoms with E-state index in [0.29, 0.717) is 22.8 Å². The van der Waals surface area contributed by atoms with Crippen molar-refractivity contribution in [1.29, 1.82) is 0 Å². The first-order chi connectivity index (χ1) is 18.0. The van der Waals surface area contributed by atoms with Gasteiger partial charge in [0.2, 0.25) is 0 Å². The predicted molar refractivity (Wildman–Crippen MR) is 132 cm³/mol. The van der Waals surface area contributed by atoms with Gasteiger partial charge in [-0.2, -0.15) is 5.10 Å². The Morgan fingerprint density at radius 2 is 1.92 bits per heavy atom. The van der Waals surface area contributed by atoms with Crippen molar-refractivity contribution in [3.05, 3.63) is 106 Å². The number of nitrogens with one attached hydrogen (secondary N) is 3. The first kappa shape index (κ1) is 24.9. The Hall–Kier alpha value is -5.26. The summed E-state index contributed by atoms with van der Waals surface area (Å²) < 4.78 is 10.9. The van der Waals surface area contributed by atoms with E-state index in [1.54, 1.807) is 30.5 Å². The largest absolute Gasteiger partial charge is 0.455 e. The summed E-state index contributed by atoms with van der Waals surface area (Å²) in [5, 5.41) is 17.3. The zero-order chi connectivity index (χ0) is 26.0. The predicted octanol–water partition coefficient (Wildman–Crippen LogP) is 3.57. The van der Waals surface area contributed by atoms with Crippen LogP contribution in [0.25, 0.3) is 11.3 Å². The Labute approximate surface area is 210 Å². The number of hydrogen-bond acceptors (Lipinski definition) is 8. The quantitative estimate of drug-likeness (QED) is 0.169. The molecule has 4 aromatic rings. The second kappa shape index (κ2) is 11.9. The van der Waals surface area contributed by atoms with Crippen molar-refractivity contribution in [3.8, 4) is 11.3 Å². The molecule has 0 saturated heterocycles. The summed E-state index contributed by atoms with van der Waals surface area (Å²) >= 11 is 0. The molecule has 0 aliphatic rings. The highest BCUT2D eigenvalue weighted by molar-refractivity contribution is 5.87. The number of aromatic nitrogens is 2. The fourth-order valence-corrected chi connectivity index (χ4v) is 3.29. The summed E-state index contributed by atoms with van der Waals surface area (Å²) in [6, 6.07) is 17.4. The number of amides is 2. The molecule has 2 aromatic heterocycles. The molecule has 2 heterocycles. The summed E-state index contributed by atoms with van der Waals surface area (Å²) in [5.41, 5.74) is 4.44. The van der Waals surface area contributed by atoms with Gasteiger partial charge in [0.15, 0.2) is 0 Å². The van der Waals surface area contributed by atoms with Crippen LogP contribution in [0.4, 0.5) is 10.5 Å². The molecule has 2 aromatic carbocycles. The molecule has 3 N–H and O–H groups in total. The van der Waals surface area contributed by atoms with Gasteiger partial charge in [-0.05, 0) is 29.8 Å². The van der Waals surface area contributed by atoms with Crippen molar-refractivity contribution >= 4 is 23.9 Å². The van der Waals surface area contributed by atoms with Crippen LogP contribution in [0.2, 0.25) is 0 Å². The molecule has 0 bridgehead atoms. The molecule has 37 heavy (non-hydrogen) atoms. The second-order valence-electron chi connectivity index (χ2n) is 7.78. The maximum absolute atomic E-state index is 12.8. The number of hydrogen-bond donors (Lipinski definition) is 3. The zero-order valence-electron chi connectivity index (χ0n) is 19.4. The number of carbonyl (C=O) groups excluding carboxylic acids is 2. The van der Waals surface area contributed by atoms with Crippen molar-refractivity contribution in [2.45, 2.75) is 19.1 Å². The number of nitrogens with zero attached hydrogens (tertiary/aromatic N) is 3. The molecular weight excluding hydrogens is 480 g/mol. The standard InChI is InChI=1S/C25H22N6O6/c32-24(30-28-14-21-10-11-23(37-21)18-6-8-20(9-7-18)31(34)35)22(12-19-13-26-16-27-19)29-25(33)36-15-17-4-2-1-3-5-17/h1-11,13-14,16,22H,12,15H2,(H,26,27)(H,29,33)(H,30,32)/b28-14-/t22-/m1/s1. The van der Waals surface area contributed by atoms with E-state index in [4.69, 9.17) is 9.15 Å². The second-order valence-corrected chi connectivity index (χ2v) is 7.78. The Morgan fingerprint density at radius 3 is 2.62 bits per heavy atom. The van der Waals surface area contributed by atoms with E-state index in [1.165, 1.54) is 24.7 Å². The van der Waals surface area contributed by atoms with Crippen LogP contribution >= 0.6 is 0 Å². The van der Waals surface area contributed by atoms with Gasteiger partial charge in [-0.3, -0.25) is 14.9 Å². The molecule has 0 spiro atoms. The van der Waals surface area contributed by atoms with Gasteiger partial charge in [-0.15, -0.1) is 0 Å². The zero-order valence-corrected chi connectivity index (χ0v) is 19.4. The van der Waals surface area contributed by atoms with Crippen LogP contribution in [0.3, 0.4) is 0 Å². The van der Waals surface area contributed by atoms with Gasteiger partial charge in [0.25, 0.3) is 11.6 Å². The van der Waals surface area contributed by atoms with Crippen molar-refractivity contribution in [1.82, 2.24) is 20.7 Å². The monoisotopic (exact) mass is 502 g/mol. The van der Waals surface area contributed by atoms with Crippen molar-refractivity contribution in [3.63, 3.8) is 0 Å². The SMILES string of the molecule is O=C(N[C@H](Cc1cnc[nH]1)C(=O)N/N=C\c1ccc(-c2ccc([N+](=O)[O-])cc2)o1)OCc1ccccc1. The molecule has 188 valence electrons. The van der Waals surface area contributed by atoms with Crippen LogP contribution in [0.1, 0.15) is 17.0 Å². The van der Waals surface area contributed by atoms with Crippen molar-refractivity contribution < 1.29 is 23.7 Å². The lowest BCUT2D eigenvalue weighted by Gasteiger charge is -2.16. The van der Waals surface area contributed by atoms with E-state index in [-0.39, 0.29) is 18.7 Å². The average Bonchev–Trinajstić information content (AvgIpc) is 3.60. The van der Waals surface area contributed by atoms with Crippen molar-refractivity contribution in [2.24, 2.45) is 5.10 Å². The highest BCUT2D eigenvalue weighted by Crippen LogP contribution is 2.24. The van der Waals surface area contributed by atoms with Crippen LogP contribution in [0, 0.1) is 10.1 Å². The third-order valence-electron chi connectivity index (χ3n) is 5.16. The Bertz CT molecular complexity index is 1370. The van der Waals surface area contributed by atoms with E-state index in [2.05, 4.69) is 25.8 Å². The van der Waals surface area contributed by atoms with E-state index in [1.807, 2.05) is 30.3 Å². The van der Waals surface area contributed by atoms with Crippen LogP contribution in [-0.4, -0.2) is 39.1 Å². The number of aromatic amines is 1. The van der Waals surface area contributed by atoms with Gasteiger partial charge >= 0.3 is 6.09 Å². The van der Waals surface area contributed by atoms with Gasteiger partial charge in [-0.1, -0.05) is 30.3 Å². The third-order valence-corrected chi connectivity index (χ3v) is 5.16. The van der Waals surface area contributed by atoms with Crippen LogP contribution in [-0.2, 0) is 22.6 Å². The maximum atomic E-state index is 12.8. The third kappa shape index (κ3) is 7.11. The smallest absolute Gasteiger partial charge is 0.408 e. The summed E-state index contributed by atoms with van der Waals surface area (Å²) in [6.07, 6.45) is 3.69. The van der Waals surface area contributed by atoms with Gasteiger partial charge in [0.05, 0.1) is 17.5 Å². The number of non-ortho nitro benzene ring substituents is 1. The minimum Gasteiger partial charge on any atom is -0.455 e. The van der Waals surface area contributed by atoms with Crippen molar-refractivity contribution in [2.75, 3.05) is 0 Å². The molecule has 0 saturated carbocycles. The number of nitro groups is 1. The van der Waals surface area contributed by atoms with E-state index < -0.39 is 23.0 Å². The molecule has 12 heteroatoms. The van der Waals surface area contributed by atoms with Gasteiger partial charge in [-0.25, -0.2) is 15.2 Å². The molecule has 1 atom stereocenters. The van der Waals surface area contributed by atoms with Crippen LogP contribution in [0.5, 0.6) is 0 Å². The van der Waals surface area contributed by atoms with Crippen LogP contribution < -0.4 is 10.7 Å². The molecule has 0 aliphatic carbocycles. The lowest BCUT2D eigenvalue weighted by molar-refractivity contribution is -0.384. The highest BCUT2D eigenvalue weighted by atomic mass is 16.6. The first-order valence-corrected chi connectivity index (χ1v) is 11.1. The number of ether oxygens (including phenoxy) is 1. The number of alkyl carbamates (subject to hydrolysis) is 1. The topological polar surface area (TPSA) is 165 Å². The molecule has 0 radical (unpaired) electrons. The maximum Gasteiger partial charge on any atom is 0.408 e. The fraction of sp³-hybridized carbons (Fsp3) is 0.120. The van der Waals surface area contributed by atoms with E-state index in [0.717, 1.165) is 5.56 Å². The van der Waals surface area contributed by atoms with Gasteiger partial charge < -0.3 is 19.5 Å². The highest BCUT2D eigenvalue weighted by Gasteiger charge is 2.22. The van der Waals surface area contributed by atoms with Gasteiger partial charge in [0, 0.05) is 36.0 Å². The molecular formula is C25H22N6O6. The normalized spacial score (nSPS) is 11.7. The molecule has 4 rings (SSSR count). The fourth-order valence-electron chi connectivity index (χ4n) is 3.29. The molecule has 0 unspecified atom stereocenters. The first-order valence-electron chi connectivity index (χ1n) is 11.1. The minimum atomic E-state index is -0.992. The van der Waals surface area contributed by atoms with E-state index >= 15 is 0 Å².